The Balaban J connectivity index is 2.00. The van der Waals surface area contributed by atoms with Crippen molar-refractivity contribution < 1.29 is 22.7 Å². The molecule has 0 radical (unpaired) electrons. The van der Waals surface area contributed by atoms with Crippen LogP contribution in [-0.2, 0) is 14.8 Å². The number of halogens is 1. The third-order valence-corrected chi connectivity index (χ3v) is 6.81. The van der Waals surface area contributed by atoms with E-state index in [1.54, 1.807) is 45.0 Å². The van der Waals surface area contributed by atoms with Crippen molar-refractivity contribution in [2.24, 2.45) is 0 Å². The van der Waals surface area contributed by atoms with Crippen LogP contribution in [0.5, 0.6) is 5.75 Å². The molecule has 10 heteroatoms. The Morgan fingerprint density at radius 2 is 1.70 bits per heavy atom. The number of nitrogens with zero attached hydrogens (tertiary/aromatic N) is 1. The predicted octanol–water partition coefficient (Wildman–Crippen LogP) is 2.71. The average Bonchev–Trinajstić information content (AvgIpc) is 2.74. The number of amides is 2. The maximum absolute atomic E-state index is 12.6. The summed E-state index contributed by atoms with van der Waals surface area (Å²) in [5.74, 6) is -0.699. The lowest BCUT2D eigenvalue weighted by atomic mass is 10.2. The van der Waals surface area contributed by atoms with Gasteiger partial charge in [0.1, 0.15) is 5.75 Å². The molecule has 0 fully saturated rings. The minimum Gasteiger partial charge on any atom is -0.481 e. The van der Waals surface area contributed by atoms with Crippen molar-refractivity contribution in [2.45, 2.75) is 31.8 Å². The molecule has 0 bridgehead atoms. The van der Waals surface area contributed by atoms with Crippen LogP contribution in [0.25, 0.3) is 0 Å². The van der Waals surface area contributed by atoms with Crippen molar-refractivity contribution in [1.82, 2.24) is 15.2 Å². The van der Waals surface area contributed by atoms with E-state index in [0.29, 0.717) is 18.8 Å². The number of ether oxygens (including phenoxy) is 1. The molecule has 162 valence electrons. The summed E-state index contributed by atoms with van der Waals surface area (Å²) in [6.45, 7) is 5.67. The molecule has 0 spiro atoms. The molecule has 1 unspecified atom stereocenters. The van der Waals surface area contributed by atoms with Crippen LogP contribution in [0.1, 0.15) is 31.1 Å². The number of benzene rings is 2. The van der Waals surface area contributed by atoms with E-state index in [4.69, 9.17) is 4.74 Å². The van der Waals surface area contributed by atoms with Crippen molar-refractivity contribution in [3.8, 4) is 5.75 Å². The standard InChI is InChI=1S/C20H24BrN3O5S/c1-4-24(5-2)30(27,28)18-8-6-7-15(13-18)20(26)23-22-19(25)14(3)29-17-11-9-16(21)10-12-17/h6-14H,4-5H2,1-3H3,(H,22,25)(H,23,26). The summed E-state index contributed by atoms with van der Waals surface area (Å²) >= 11 is 3.31. The van der Waals surface area contributed by atoms with Gasteiger partial charge >= 0.3 is 0 Å². The molecule has 30 heavy (non-hydrogen) atoms. The van der Waals surface area contributed by atoms with Crippen molar-refractivity contribution in [1.29, 1.82) is 0 Å². The van der Waals surface area contributed by atoms with Crippen LogP contribution in [0.3, 0.4) is 0 Å². The van der Waals surface area contributed by atoms with Gasteiger partial charge in [-0.1, -0.05) is 35.8 Å². The minimum atomic E-state index is -3.70. The van der Waals surface area contributed by atoms with Crippen molar-refractivity contribution in [2.75, 3.05) is 13.1 Å². The van der Waals surface area contributed by atoms with Gasteiger partial charge in [0.2, 0.25) is 10.0 Å². The molecule has 0 aliphatic heterocycles. The molecular formula is C20H24BrN3O5S. The summed E-state index contributed by atoms with van der Waals surface area (Å²) < 4.78 is 32.9. The number of hydrogen-bond acceptors (Lipinski definition) is 5. The number of sulfonamides is 1. The first kappa shape index (κ1) is 23.8. The van der Waals surface area contributed by atoms with Crippen LogP contribution >= 0.6 is 15.9 Å². The van der Waals surface area contributed by atoms with Crippen LogP contribution in [0.2, 0.25) is 0 Å². The second-order valence-corrected chi connectivity index (χ2v) is 9.13. The fourth-order valence-electron chi connectivity index (χ4n) is 2.57. The molecular weight excluding hydrogens is 474 g/mol. The molecule has 8 nitrogen and oxygen atoms in total. The number of hydrazine groups is 1. The highest BCUT2D eigenvalue weighted by Crippen LogP contribution is 2.18. The molecule has 1 atom stereocenters. The fraction of sp³-hybridized carbons (Fsp3) is 0.300. The lowest BCUT2D eigenvalue weighted by Gasteiger charge is -2.19. The van der Waals surface area contributed by atoms with E-state index < -0.39 is 27.9 Å². The first-order valence-corrected chi connectivity index (χ1v) is 11.5. The second kappa shape index (κ2) is 10.6. The molecule has 2 amide bonds. The van der Waals surface area contributed by atoms with E-state index in [1.807, 2.05) is 0 Å². The van der Waals surface area contributed by atoms with Gasteiger partial charge in [0.25, 0.3) is 11.8 Å². The Morgan fingerprint density at radius 3 is 2.30 bits per heavy atom. The number of carbonyl (C=O) groups excluding carboxylic acids is 2. The zero-order valence-electron chi connectivity index (χ0n) is 16.9. The Bertz CT molecular complexity index is 992. The first-order valence-electron chi connectivity index (χ1n) is 9.31. The fourth-order valence-corrected chi connectivity index (χ4v) is 4.34. The molecule has 0 aliphatic carbocycles. The average molecular weight is 498 g/mol. The lowest BCUT2D eigenvalue weighted by molar-refractivity contribution is -0.128. The van der Waals surface area contributed by atoms with Crippen LogP contribution in [-0.4, -0.2) is 43.7 Å². The highest BCUT2D eigenvalue weighted by molar-refractivity contribution is 9.10. The third kappa shape index (κ3) is 6.04. The highest BCUT2D eigenvalue weighted by atomic mass is 79.9. The Kier molecular flexibility index (Phi) is 8.39. The number of carbonyl (C=O) groups is 2. The van der Waals surface area contributed by atoms with Crippen LogP contribution in [0.4, 0.5) is 0 Å². The van der Waals surface area contributed by atoms with Crippen molar-refractivity contribution in [3.05, 3.63) is 58.6 Å². The maximum atomic E-state index is 12.6. The molecule has 0 aromatic heterocycles. The van der Waals surface area contributed by atoms with E-state index in [-0.39, 0.29) is 10.5 Å². The molecule has 0 aliphatic rings. The van der Waals surface area contributed by atoms with Crippen molar-refractivity contribution in [3.63, 3.8) is 0 Å². The van der Waals surface area contributed by atoms with E-state index in [9.17, 15) is 18.0 Å². The van der Waals surface area contributed by atoms with Gasteiger partial charge < -0.3 is 4.74 Å². The van der Waals surface area contributed by atoms with Crippen LogP contribution in [0, 0.1) is 0 Å². The van der Waals surface area contributed by atoms with Gasteiger partial charge in [-0.25, -0.2) is 8.42 Å². The quantitative estimate of drug-likeness (QED) is 0.545. The van der Waals surface area contributed by atoms with Gasteiger partial charge in [-0.15, -0.1) is 0 Å². The second-order valence-electron chi connectivity index (χ2n) is 6.27. The SMILES string of the molecule is CCN(CC)S(=O)(=O)c1cccc(C(=O)NNC(=O)C(C)Oc2ccc(Br)cc2)c1. The van der Waals surface area contributed by atoms with Crippen LogP contribution < -0.4 is 15.6 Å². The van der Waals surface area contributed by atoms with Crippen LogP contribution in [0.15, 0.2) is 57.9 Å². The molecule has 0 saturated heterocycles. The molecule has 2 N–H and O–H groups in total. The molecule has 2 aromatic rings. The first-order chi connectivity index (χ1) is 14.2. The van der Waals surface area contributed by atoms with E-state index >= 15 is 0 Å². The number of nitrogens with one attached hydrogen (secondary N) is 2. The topological polar surface area (TPSA) is 105 Å². The summed E-state index contributed by atoms with van der Waals surface area (Å²) in [4.78, 5) is 24.6. The number of rotatable bonds is 8. The highest BCUT2D eigenvalue weighted by Gasteiger charge is 2.23. The molecule has 0 heterocycles. The Morgan fingerprint density at radius 1 is 1.07 bits per heavy atom. The number of hydrogen-bond donors (Lipinski definition) is 2. The maximum Gasteiger partial charge on any atom is 0.279 e. The largest absolute Gasteiger partial charge is 0.481 e. The van der Waals surface area contributed by atoms with Gasteiger partial charge in [-0.3, -0.25) is 20.4 Å². The molecule has 2 aromatic carbocycles. The predicted molar refractivity (Wildman–Crippen MR) is 116 cm³/mol. The molecule has 0 saturated carbocycles. The monoisotopic (exact) mass is 497 g/mol. The minimum absolute atomic E-state index is 0.0112. The van der Waals surface area contributed by atoms with Gasteiger partial charge in [0, 0.05) is 23.1 Å². The molecule has 2 rings (SSSR count). The van der Waals surface area contributed by atoms with Gasteiger partial charge in [-0.2, -0.15) is 4.31 Å². The third-order valence-electron chi connectivity index (χ3n) is 4.23. The summed E-state index contributed by atoms with van der Waals surface area (Å²) in [6, 6.07) is 12.6. The zero-order chi connectivity index (χ0) is 22.3. The van der Waals surface area contributed by atoms with Gasteiger partial charge in [0.15, 0.2) is 6.10 Å². The van der Waals surface area contributed by atoms with Gasteiger partial charge in [-0.05, 0) is 49.4 Å². The van der Waals surface area contributed by atoms with E-state index in [0.717, 1.165) is 4.47 Å². The summed E-state index contributed by atoms with van der Waals surface area (Å²) in [5.41, 5.74) is 4.66. The lowest BCUT2D eigenvalue weighted by Crippen LogP contribution is -2.47. The van der Waals surface area contributed by atoms with Gasteiger partial charge in [0.05, 0.1) is 4.90 Å². The Labute approximate surface area is 184 Å². The normalized spacial score (nSPS) is 12.3. The van der Waals surface area contributed by atoms with E-state index in [2.05, 4.69) is 26.8 Å². The zero-order valence-corrected chi connectivity index (χ0v) is 19.3. The summed E-state index contributed by atoms with van der Waals surface area (Å²) in [5, 5.41) is 0. The summed E-state index contributed by atoms with van der Waals surface area (Å²) in [6.07, 6.45) is -0.860. The smallest absolute Gasteiger partial charge is 0.279 e. The van der Waals surface area contributed by atoms with Crippen molar-refractivity contribution >= 4 is 37.8 Å². The summed E-state index contributed by atoms with van der Waals surface area (Å²) in [7, 11) is -3.70. The Hall–Kier alpha value is -2.43. The van der Waals surface area contributed by atoms with E-state index in [1.165, 1.54) is 28.6 Å².